The number of esters is 1. The summed E-state index contributed by atoms with van der Waals surface area (Å²) in [5.74, 6) is 0.0284. The van der Waals surface area contributed by atoms with Crippen LogP contribution in [0.2, 0.25) is 0 Å². The molecule has 0 aliphatic carbocycles. The van der Waals surface area contributed by atoms with E-state index in [0.717, 1.165) is 12.5 Å². The van der Waals surface area contributed by atoms with Gasteiger partial charge in [-0.1, -0.05) is 27.4 Å². The van der Waals surface area contributed by atoms with Crippen LogP contribution in [0, 0.1) is 5.92 Å². The summed E-state index contributed by atoms with van der Waals surface area (Å²) >= 11 is 0. The molecule has 2 atom stereocenters. The summed E-state index contributed by atoms with van der Waals surface area (Å²) in [6, 6.07) is 0. The summed E-state index contributed by atoms with van der Waals surface area (Å²) in [5, 5.41) is 9.51. The van der Waals surface area contributed by atoms with Crippen LogP contribution < -0.4 is 0 Å². The van der Waals surface area contributed by atoms with Crippen LogP contribution in [0.5, 0.6) is 0 Å². The van der Waals surface area contributed by atoms with Gasteiger partial charge in [0.15, 0.2) is 0 Å². The number of carbonyl (C=O) groups excluding carboxylic acids is 1. The number of rotatable bonds is 7. The third kappa shape index (κ3) is 7.14. The zero-order valence-electron chi connectivity index (χ0n) is 9.90. The second-order valence-electron chi connectivity index (χ2n) is 4.19. The van der Waals surface area contributed by atoms with Crippen molar-refractivity contribution in [2.24, 2.45) is 5.92 Å². The minimum atomic E-state index is -0.413. The maximum absolute atomic E-state index is 11.1. The van der Waals surface area contributed by atoms with Crippen LogP contribution in [-0.4, -0.2) is 23.3 Å². The van der Waals surface area contributed by atoms with E-state index in [2.05, 4.69) is 20.4 Å². The second kappa shape index (κ2) is 7.46. The van der Waals surface area contributed by atoms with Crippen molar-refractivity contribution in [3.8, 4) is 0 Å². The van der Waals surface area contributed by atoms with E-state index in [0.29, 0.717) is 18.8 Å². The van der Waals surface area contributed by atoms with Crippen LogP contribution in [0.15, 0.2) is 12.7 Å². The number of hydrogen-bond acceptors (Lipinski definition) is 3. The molecule has 0 radical (unpaired) electrons. The van der Waals surface area contributed by atoms with Gasteiger partial charge in [-0.3, -0.25) is 0 Å². The maximum Gasteiger partial charge on any atom is 0.330 e. The lowest BCUT2D eigenvalue weighted by molar-refractivity contribution is -0.145. The highest BCUT2D eigenvalue weighted by atomic mass is 16.5. The molecule has 0 heterocycles. The van der Waals surface area contributed by atoms with Crippen molar-refractivity contribution in [2.75, 3.05) is 0 Å². The van der Waals surface area contributed by atoms with E-state index in [9.17, 15) is 9.90 Å². The summed E-state index contributed by atoms with van der Waals surface area (Å²) < 4.78 is 5.17. The average Bonchev–Trinajstić information content (AvgIpc) is 2.16. The van der Waals surface area contributed by atoms with Gasteiger partial charge in [-0.15, -0.1) is 0 Å². The fourth-order valence-corrected chi connectivity index (χ4v) is 1.40. The molecule has 3 heteroatoms. The van der Waals surface area contributed by atoms with E-state index in [1.54, 1.807) is 0 Å². The number of ether oxygens (including phenoxy) is 1. The molecule has 0 aliphatic rings. The Kier molecular flexibility index (Phi) is 7.05. The lowest BCUT2D eigenvalue weighted by Gasteiger charge is -2.21. The van der Waals surface area contributed by atoms with Crippen LogP contribution in [-0.2, 0) is 9.53 Å². The summed E-state index contributed by atoms with van der Waals surface area (Å²) in [5.41, 5.74) is 0. The Morgan fingerprint density at radius 3 is 2.47 bits per heavy atom. The Labute approximate surface area is 92.1 Å². The minimum Gasteiger partial charge on any atom is -0.459 e. The van der Waals surface area contributed by atoms with Gasteiger partial charge in [0, 0.05) is 12.5 Å². The van der Waals surface area contributed by atoms with E-state index < -0.39 is 12.1 Å². The van der Waals surface area contributed by atoms with E-state index in [4.69, 9.17) is 4.74 Å². The molecule has 0 aromatic carbocycles. The summed E-state index contributed by atoms with van der Waals surface area (Å²) in [4.78, 5) is 11.1. The molecule has 0 saturated carbocycles. The third-order valence-corrected chi connectivity index (χ3v) is 2.19. The molecule has 0 aliphatic heterocycles. The molecule has 0 spiro atoms. The van der Waals surface area contributed by atoms with Crippen LogP contribution >= 0.6 is 0 Å². The van der Waals surface area contributed by atoms with Crippen LogP contribution in [0.25, 0.3) is 0 Å². The monoisotopic (exact) mass is 214 g/mol. The van der Waals surface area contributed by atoms with E-state index in [1.165, 1.54) is 0 Å². The van der Waals surface area contributed by atoms with Gasteiger partial charge in [-0.2, -0.15) is 0 Å². The highest BCUT2D eigenvalue weighted by molar-refractivity contribution is 5.81. The average molecular weight is 214 g/mol. The first-order valence-electron chi connectivity index (χ1n) is 5.50. The molecular formula is C12H22O3. The maximum atomic E-state index is 11.1. The molecule has 0 saturated heterocycles. The van der Waals surface area contributed by atoms with Gasteiger partial charge in [-0.05, 0) is 18.8 Å². The standard InChI is InChI=1S/C12H22O3/c1-5-10(13)8-11(7-9(3)4)15-12(14)6-2/h6,9-11,13H,2,5,7-8H2,1,3-4H3. The number of aliphatic hydroxyl groups is 1. The molecular weight excluding hydrogens is 192 g/mol. The number of carbonyl (C=O) groups is 1. The first kappa shape index (κ1) is 14.2. The zero-order valence-corrected chi connectivity index (χ0v) is 9.90. The molecule has 88 valence electrons. The van der Waals surface area contributed by atoms with Gasteiger partial charge < -0.3 is 9.84 Å². The Morgan fingerprint density at radius 2 is 2.07 bits per heavy atom. The SMILES string of the molecule is C=CC(=O)OC(CC(C)C)CC(O)CC. The molecule has 0 aromatic heterocycles. The Bertz CT molecular complexity index is 199. The van der Waals surface area contributed by atoms with Crippen molar-refractivity contribution in [2.45, 2.75) is 52.2 Å². The number of aliphatic hydroxyl groups excluding tert-OH is 1. The van der Waals surface area contributed by atoms with Gasteiger partial charge in [0.05, 0.1) is 6.10 Å². The molecule has 2 unspecified atom stereocenters. The smallest absolute Gasteiger partial charge is 0.330 e. The van der Waals surface area contributed by atoms with Gasteiger partial charge >= 0.3 is 5.97 Å². The van der Waals surface area contributed by atoms with Crippen molar-refractivity contribution in [3.05, 3.63) is 12.7 Å². The fourth-order valence-electron chi connectivity index (χ4n) is 1.40. The molecule has 0 rings (SSSR count). The van der Waals surface area contributed by atoms with Crippen molar-refractivity contribution in [3.63, 3.8) is 0 Å². The Balaban J connectivity index is 4.17. The van der Waals surface area contributed by atoms with Gasteiger partial charge in [-0.25, -0.2) is 4.79 Å². The van der Waals surface area contributed by atoms with Crippen molar-refractivity contribution in [1.29, 1.82) is 0 Å². The minimum absolute atomic E-state index is 0.203. The quantitative estimate of drug-likeness (QED) is 0.522. The lowest BCUT2D eigenvalue weighted by Crippen LogP contribution is -2.24. The normalized spacial score (nSPS) is 14.7. The van der Waals surface area contributed by atoms with Crippen molar-refractivity contribution < 1.29 is 14.6 Å². The van der Waals surface area contributed by atoms with Gasteiger partial charge in [0.2, 0.25) is 0 Å². The van der Waals surface area contributed by atoms with Crippen LogP contribution in [0.1, 0.15) is 40.0 Å². The highest BCUT2D eigenvalue weighted by Gasteiger charge is 2.17. The first-order valence-corrected chi connectivity index (χ1v) is 5.50. The van der Waals surface area contributed by atoms with Gasteiger partial charge in [0.1, 0.15) is 6.10 Å². The topological polar surface area (TPSA) is 46.5 Å². The Morgan fingerprint density at radius 1 is 1.47 bits per heavy atom. The molecule has 0 fully saturated rings. The largest absolute Gasteiger partial charge is 0.459 e. The van der Waals surface area contributed by atoms with Crippen molar-refractivity contribution >= 4 is 5.97 Å². The van der Waals surface area contributed by atoms with E-state index >= 15 is 0 Å². The Hall–Kier alpha value is -0.830. The third-order valence-electron chi connectivity index (χ3n) is 2.19. The molecule has 3 nitrogen and oxygen atoms in total. The van der Waals surface area contributed by atoms with Crippen molar-refractivity contribution in [1.82, 2.24) is 0 Å². The summed E-state index contributed by atoms with van der Waals surface area (Å²) in [6.45, 7) is 9.39. The van der Waals surface area contributed by atoms with E-state index in [1.807, 2.05) is 6.92 Å². The molecule has 0 amide bonds. The molecule has 1 N–H and O–H groups in total. The summed E-state index contributed by atoms with van der Waals surface area (Å²) in [7, 11) is 0. The number of hydrogen-bond donors (Lipinski definition) is 1. The first-order chi connectivity index (χ1) is 6.99. The fraction of sp³-hybridized carbons (Fsp3) is 0.750. The molecule has 0 aromatic rings. The second-order valence-corrected chi connectivity index (χ2v) is 4.19. The van der Waals surface area contributed by atoms with Gasteiger partial charge in [0.25, 0.3) is 0 Å². The van der Waals surface area contributed by atoms with Crippen LogP contribution in [0.3, 0.4) is 0 Å². The molecule has 0 bridgehead atoms. The molecule has 15 heavy (non-hydrogen) atoms. The predicted molar refractivity (Wildman–Crippen MR) is 60.4 cm³/mol. The predicted octanol–water partition coefficient (Wildman–Crippen LogP) is 2.29. The van der Waals surface area contributed by atoms with Crippen LogP contribution in [0.4, 0.5) is 0 Å². The zero-order chi connectivity index (χ0) is 11.8. The summed E-state index contributed by atoms with van der Waals surface area (Å²) in [6.07, 6.45) is 2.52. The van der Waals surface area contributed by atoms with E-state index in [-0.39, 0.29) is 6.10 Å². The lowest BCUT2D eigenvalue weighted by atomic mass is 10.00. The highest BCUT2D eigenvalue weighted by Crippen LogP contribution is 2.15.